The molecule has 1 aromatic carbocycles. The Morgan fingerprint density at radius 3 is 2.40 bits per heavy atom. The number of aliphatic hydroxyl groups excluding tert-OH is 1. The van der Waals surface area contributed by atoms with E-state index in [-0.39, 0.29) is 18.1 Å². The third-order valence-corrected chi connectivity index (χ3v) is 2.07. The monoisotopic (exact) mass is 239 g/mol. The Balaban J connectivity index is 2.73. The average molecular weight is 240 g/mol. The first-order chi connectivity index (χ1) is 7.04. The van der Waals surface area contributed by atoms with Crippen molar-refractivity contribution in [2.75, 3.05) is 17.7 Å². The van der Waals surface area contributed by atoms with Gasteiger partial charge in [-0.3, -0.25) is 0 Å². The van der Waals surface area contributed by atoms with Gasteiger partial charge in [0.2, 0.25) is 0 Å². The highest BCUT2D eigenvalue weighted by Crippen LogP contribution is 2.18. The van der Waals surface area contributed by atoms with Crippen LogP contribution in [0.5, 0.6) is 0 Å². The predicted molar refractivity (Wildman–Crippen MR) is 51.5 cm³/mol. The Bertz CT molecular complexity index is 348. The number of aliphatic hydroxyl groups is 1. The molecule has 0 saturated carbocycles. The lowest BCUT2D eigenvalue weighted by molar-refractivity contribution is 0.211. The fourth-order valence-corrected chi connectivity index (χ4v) is 1.05. The fraction of sp³-hybridized carbons (Fsp3) is 0.333. The van der Waals surface area contributed by atoms with Gasteiger partial charge in [-0.2, -0.15) is 0 Å². The van der Waals surface area contributed by atoms with Gasteiger partial charge in [-0.1, -0.05) is 0 Å². The van der Waals surface area contributed by atoms with Gasteiger partial charge in [-0.15, -0.1) is 11.6 Å². The van der Waals surface area contributed by atoms with Crippen LogP contribution < -0.4 is 5.32 Å². The molecular weight excluding hydrogens is 231 g/mol. The minimum absolute atomic E-state index is 0.0295. The summed E-state index contributed by atoms with van der Waals surface area (Å²) in [6.45, 7) is -0.0362. The summed E-state index contributed by atoms with van der Waals surface area (Å²) in [6, 6.07) is 1.12. The van der Waals surface area contributed by atoms with Gasteiger partial charge in [0.15, 0.2) is 11.6 Å². The molecule has 0 amide bonds. The molecule has 0 bridgehead atoms. The van der Waals surface area contributed by atoms with E-state index in [0.717, 1.165) is 0 Å². The van der Waals surface area contributed by atoms with Crippen LogP contribution in [-0.2, 0) is 0 Å². The largest absolute Gasteiger partial charge is 0.390 e. The molecule has 15 heavy (non-hydrogen) atoms. The van der Waals surface area contributed by atoms with Crippen molar-refractivity contribution in [2.45, 2.75) is 6.10 Å². The second-order valence-electron chi connectivity index (χ2n) is 2.94. The first kappa shape index (κ1) is 12.1. The summed E-state index contributed by atoms with van der Waals surface area (Å²) >= 11 is 5.30. The SMILES string of the molecule is OC(CCl)CNc1cc(F)c(F)cc1F. The van der Waals surface area contributed by atoms with Crippen molar-refractivity contribution in [3.63, 3.8) is 0 Å². The lowest BCUT2D eigenvalue weighted by atomic mass is 10.2. The van der Waals surface area contributed by atoms with Crippen molar-refractivity contribution in [2.24, 2.45) is 0 Å². The molecule has 0 aliphatic rings. The summed E-state index contributed by atoms with van der Waals surface area (Å²) in [5, 5.41) is 11.5. The van der Waals surface area contributed by atoms with E-state index in [9.17, 15) is 13.2 Å². The molecule has 84 valence electrons. The van der Waals surface area contributed by atoms with Crippen LogP contribution in [0.15, 0.2) is 12.1 Å². The first-order valence-corrected chi connectivity index (χ1v) is 4.70. The van der Waals surface area contributed by atoms with Crippen LogP contribution in [0.25, 0.3) is 0 Å². The van der Waals surface area contributed by atoms with Crippen LogP contribution in [-0.4, -0.2) is 23.6 Å². The minimum atomic E-state index is -1.25. The molecule has 0 radical (unpaired) electrons. The molecule has 2 N–H and O–H groups in total. The van der Waals surface area contributed by atoms with Gasteiger partial charge in [-0.05, 0) is 0 Å². The molecule has 2 nitrogen and oxygen atoms in total. The summed E-state index contributed by atoms with van der Waals surface area (Å²) in [4.78, 5) is 0. The number of halogens is 4. The Labute approximate surface area is 89.7 Å². The zero-order valence-corrected chi connectivity index (χ0v) is 8.36. The topological polar surface area (TPSA) is 32.3 Å². The zero-order chi connectivity index (χ0) is 11.4. The van der Waals surface area contributed by atoms with E-state index in [0.29, 0.717) is 12.1 Å². The van der Waals surface area contributed by atoms with Crippen molar-refractivity contribution < 1.29 is 18.3 Å². The highest BCUT2D eigenvalue weighted by atomic mass is 35.5. The smallest absolute Gasteiger partial charge is 0.161 e. The van der Waals surface area contributed by atoms with Crippen LogP contribution in [0, 0.1) is 17.5 Å². The van der Waals surface area contributed by atoms with Crippen molar-refractivity contribution in [1.29, 1.82) is 0 Å². The molecule has 1 unspecified atom stereocenters. The standard InChI is InChI=1S/C9H9ClF3NO/c10-3-5(15)4-14-9-2-7(12)6(11)1-8(9)13/h1-2,5,14-15H,3-4H2. The molecule has 1 aromatic rings. The molecule has 0 saturated heterocycles. The van der Waals surface area contributed by atoms with Gasteiger partial charge >= 0.3 is 0 Å². The predicted octanol–water partition coefficient (Wildman–Crippen LogP) is 2.12. The fourth-order valence-electron chi connectivity index (χ4n) is 0.940. The highest BCUT2D eigenvalue weighted by Gasteiger charge is 2.10. The number of rotatable bonds is 4. The average Bonchev–Trinajstić information content (AvgIpc) is 2.21. The van der Waals surface area contributed by atoms with Gasteiger partial charge < -0.3 is 10.4 Å². The minimum Gasteiger partial charge on any atom is -0.390 e. The lowest BCUT2D eigenvalue weighted by Gasteiger charge is -2.10. The van der Waals surface area contributed by atoms with Crippen molar-refractivity contribution >= 4 is 17.3 Å². The Morgan fingerprint density at radius 2 is 1.80 bits per heavy atom. The molecule has 0 aromatic heterocycles. The quantitative estimate of drug-likeness (QED) is 0.623. The second kappa shape index (κ2) is 5.23. The molecule has 1 atom stereocenters. The normalized spacial score (nSPS) is 12.6. The van der Waals surface area contributed by atoms with E-state index in [1.54, 1.807) is 0 Å². The summed E-state index contributed by atoms with van der Waals surface area (Å²) in [7, 11) is 0. The number of hydrogen-bond donors (Lipinski definition) is 2. The number of benzene rings is 1. The molecule has 0 spiro atoms. The van der Waals surface area contributed by atoms with Gasteiger partial charge in [0.25, 0.3) is 0 Å². The van der Waals surface area contributed by atoms with Gasteiger partial charge in [0.05, 0.1) is 17.7 Å². The number of alkyl halides is 1. The lowest BCUT2D eigenvalue weighted by Crippen LogP contribution is -2.21. The van der Waals surface area contributed by atoms with Crippen LogP contribution in [0.4, 0.5) is 18.9 Å². The first-order valence-electron chi connectivity index (χ1n) is 4.17. The van der Waals surface area contributed by atoms with E-state index in [2.05, 4.69) is 5.32 Å². The summed E-state index contributed by atoms with van der Waals surface area (Å²) < 4.78 is 38.2. The zero-order valence-electron chi connectivity index (χ0n) is 7.61. The van der Waals surface area contributed by atoms with E-state index >= 15 is 0 Å². The molecular formula is C9H9ClF3NO. The maximum Gasteiger partial charge on any atom is 0.161 e. The summed E-state index contributed by atoms with van der Waals surface area (Å²) in [5.74, 6) is -3.36. The maximum atomic E-state index is 13.0. The van der Waals surface area contributed by atoms with E-state index in [1.165, 1.54) is 0 Å². The van der Waals surface area contributed by atoms with Crippen molar-refractivity contribution in [3.05, 3.63) is 29.6 Å². The van der Waals surface area contributed by atoms with E-state index in [4.69, 9.17) is 16.7 Å². The Kier molecular flexibility index (Phi) is 4.23. The number of anilines is 1. The van der Waals surface area contributed by atoms with E-state index < -0.39 is 23.6 Å². The van der Waals surface area contributed by atoms with Gasteiger partial charge in [0.1, 0.15) is 5.82 Å². The molecule has 0 fully saturated rings. The van der Waals surface area contributed by atoms with Gasteiger partial charge in [-0.25, -0.2) is 13.2 Å². The van der Waals surface area contributed by atoms with Crippen LogP contribution in [0.1, 0.15) is 0 Å². The summed E-state index contributed by atoms with van der Waals surface area (Å²) in [6.07, 6.45) is -0.876. The number of hydrogen-bond acceptors (Lipinski definition) is 2. The van der Waals surface area contributed by atoms with Crippen LogP contribution >= 0.6 is 11.6 Å². The molecule has 0 heterocycles. The second-order valence-corrected chi connectivity index (χ2v) is 3.24. The van der Waals surface area contributed by atoms with Crippen molar-refractivity contribution in [3.8, 4) is 0 Å². The Hall–Kier alpha value is -0.940. The van der Waals surface area contributed by atoms with Crippen LogP contribution in [0.3, 0.4) is 0 Å². The third kappa shape index (κ3) is 3.28. The van der Waals surface area contributed by atoms with E-state index in [1.807, 2.05) is 0 Å². The molecule has 6 heteroatoms. The molecule has 0 aliphatic carbocycles. The molecule has 0 aliphatic heterocycles. The highest BCUT2D eigenvalue weighted by molar-refractivity contribution is 6.18. The third-order valence-electron chi connectivity index (χ3n) is 1.72. The van der Waals surface area contributed by atoms with Gasteiger partial charge in [0, 0.05) is 18.7 Å². The Morgan fingerprint density at radius 1 is 1.20 bits per heavy atom. The molecule has 1 rings (SSSR count). The number of nitrogens with one attached hydrogen (secondary N) is 1. The maximum absolute atomic E-state index is 13.0. The van der Waals surface area contributed by atoms with Crippen LogP contribution in [0.2, 0.25) is 0 Å². The van der Waals surface area contributed by atoms with Crippen molar-refractivity contribution in [1.82, 2.24) is 0 Å². The summed E-state index contributed by atoms with van der Waals surface area (Å²) in [5.41, 5.74) is -0.210.